The fraction of sp³-hybridized carbons (Fsp3) is 0.400. The molecule has 1 aromatic heterocycles. The molecule has 1 saturated heterocycles. The van der Waals surface area contributed by atoms with Crippen LogP contribution in [-0.2, 0) is 4.84 Å². The molecule has 1 atom stereocenters. The summed E-state index contributed by atoms with van der Waals surface area (Å²) in [7, 11) is 2.16. The summed E-state index contributed by atoms with van der Waals surface area (Å²) in [5.41, 5.74) is 3.23. The van der Waals surface area contributed by atoms with Crippen molar-refractivity contribution in [1.29, 1.82) is 0 Å². The van der Waals surface area contributed by atoms with Crippen molar-refractivity contribution >= 4 is 40.2 Å². The number of rotatable bonds is 5. The normalized spacial score (nSPS) is 20.0. The van der Waals surface area contributed by atoms with E-state index in [1.165, 1.54) is 17.0 Å². The number of halogens is 1. The second-order valence-electron chi connectivity index (χ2n) is 7.12. The van der Waals surface area contributed by atoms with Crippen molar-refractivity contribution in [3.8, 4) is 0 Å². The Bertz CT molecular complexity index is 859. The Morgan fingerprint density at radius 1 is 1.21 bits per heavy atom. The lowest BCUT2D eigenvalue weighted by Crippen LogP contribution is -2.44. The van der Waals surface area contributed by atoms with E-state index in [2.05, 4.69) is 51.6 Å². The van der Waals surface area contributed by atoms with E-state index in [0.717, 1.165) is 37.5 Å². The third-order valence-electron chi connectivity index (χ3n) is 5.09. The molecule has 0 spiro atoms. The highest BCUT2D eigenvalue weighted by molar-refractivity contribution is 7.17. The van der Waals surface area contributed by atoms with Crippen molar-refractivity contribution in [3.63, 3.8) is 0 Å². The van der Waals surface area contributed by atoms with E-state index in [-0.39, 0.29) is 12.0 Å². The number of carbonyl (C=O) groups excluding carboxylic acids is 1. The minimum Gasteiger partial charge on any atom is -0.390 e. The van der Waals surface area contributed by atoms with E-state index in [4.69, 9.17) is 16.4 Å². The summed E-state index contributed by atoms with van der Waals surface area (Å²) in [6.45, 7) is 4.70. The van der Waals surface area contributed by atoms with Crippen molar-refractivity contribution in [2.75, 3.05) is 44.7 Å². The average molecular weight is 419 g/mol. The fourth-order valence-electron chi connectivity index (χ4n) is 3.37. The molecule has 148 valence electrons. The highest BCUT2D eigenvalue weighted by Gasteiger charge is 2.23. The van der Waals surface area contributed by atoms with Gasteiger partial charge in [0.25, 0.3) is 5.91 Å². The molecule has 2 aromatic rings. The summed E-state index contributed by atoms with van der Waals surface area (Å²) in [4.78, 5) is 23.0. The van der Waals surface area contributed by atoms with Gasteiger partial charge >= 0.3 is 0 Å². The number of hydrogen-bond acceptors (Lipinski definition) is 6. The predicted molar refractivity (Wildman–Crippen MR) is 114 cm³/mol. The number of hydrogen-bond donors (Lipinski definition) is 1. The van der Waals surface area contributed by atoms with Crippen LogP contribution in [-0.4, -0.2) is 62.4 Å². The Labute approximate surface area is 173 Å². The molecule has 1 N–H and O–H groups in total. The zero-order chi connectivity index (χ0) is 19.5. The topological polar surface area (TPSA) is 57.2 Å². The van der Waals surface area contributed by atoms with Gasteiger partial charge in [-0.15, -0.1) is 11.3 Å². The number of piperazine rings is 1. The summed E-state index contributed by atoms with van der Waals surface area (Å²) >= 11 is 7.14. The summed E-state index contributed by atoms with van der Waals surface area (Å²) in [6.07, 6.45) is 0.533. The van der Waals surface area contributed by atoms with E-state index in [9.17, 15) is 4.79 Å². The summed E-state index contributed by atoms with van der Waals surface area (Å²) in [5, 5.41) is 7.11. The van der Waals surface area contributed by atoms with Crippen LogP contribution in [0.25, 0.3) is 0 Å². The SMILES string of the molecule is CN1CCN(c2ccc(C3=NOC(CNC(=O)c4ccc(Cl)s4)C3)cc2)CC1. The molecular formula is C20H23ClN4O2S. The van der Waals surface area contributed by atoms with Gasteiger partial charge in [0, 0.05) is 38.3 Å². The van der Waals surface area contributed by atoms with Crippen LogP contribution in [0.5, 0.6) is 0 Å². The highest BCUT2D eigenvalue weighted by Crippen LogP contribution is 2.23. The number of anilines is 1. The van der Waals surface area contributed by atoms with Crippen LogP contribution in [0, 0.1) is 0 Å². The van der Waals surface area contributed by atoms with Gasteiger partial charge in [-0.3, -0.25) is 4.79 Å². The van der Waals surface area contributed by atoms with Gasteiger partial charge in [-0.25, -0.2) is 0 Å². The Morgan fingerprint density at radius 2 is 1.96 bits per heavy atom. The molecule has 1 fully saturated rings. The molecule has 1 aromatic carbocycles. The van der Waals surface area contributed by atoms with Crippen LogP contribution < -0.4 is 10.2 Å². The number of amides is 1. The van der Waals surface area contributed by atoms with Gasteiger partial charge in [0.2, 0.25) is 0 Å². The van der Waals surface area contributed by atoms with E-state index in [0.29, 0.717) is 22.2 Å². The minimum atomic E-state index is -0.147. The minimum absolute atomic E-state index is 0.134. The molecule has 0 aliphatic carbocycles. The Balaban J connectivity index is 1.28. The second-order valence-corrected chi connectivity index (χ2v) is 8.84. The summed E-state index contributed by atoms with van der Waals surface area (Å²) in [5.74, 6) is -0.134. The molecule has 28 heavy (non-hydrogen) atoms. The van der Waals surface area contributed by atoms with Crippen molar-refractivity contribution in [2.24, 2.45) is 5.16 Å². The molecule has 8 heteroatoms. The molecule has 0 saturated carbocycles. The maximum Gasteiger partial charge on any atom is 0.261 e. The Kier molecular flexibility index (Phi) is 5.85. The van der Waals surface area contributed by atoms with Gasteiger partial charge in [-0.1, -0.05) is 28.9 Å². The Morgan fingerprint density at radius 3 is 2.64 bits per heavy atom. The molecule has 6 nitrogen and oxygen atoms in total. The number of nitrogens with zero attached hydrogens (tertiary/aromatic N) is 3. The summed E-state index contributed by atoms with van der Waals surface area (Å²) < 4.78 is 0.605. The van der Waals surface area contributed by atoms with Gasteiger partial charge in [0.15, 0.2) is 0 Å². The van der Waals surface area contributed by atoms with Crippen LogP contribution in [0.3, 0.4) is 0 Å². The third kappa shape index (κ3) is 4.48. The number of nitrogens with one attached hydrogen (secondary N) is 1. The molecule has 2 aliphatic heterocycles. The number of likely N-dealkylation sites (N-methyl/N-ethyl adjacent to an activating group) is 1. The first-order chi connectivity index (χ1) is 13.6. The maximum absolute atomic E-state index is 12.1. The first-order valence-corrected chi connectivity index (χ1v) is 10.6. The van der Waals surface area contributed by atoms with Crippen LogP contribution in [0.1, 0.15) is 21.7 Å². The maximum atomic E-state index is 12.1. The van der Waals surface area contributed by atoms with Gasteiger partial charge < -0.3 is 20.0 Å². The van der Waals surface area contributed by atoms with E-state index in [1.807, 2.05) is 0 Å². The summed E-state index contributed by atoms with van der Waals surface area (Å²) in [6, 6.07) is 12.0. The zero-order valence-corrected chi connectivity index (χ0v) is 17.3. The number of benzene rings is 1. The highest BCUT2D eigenvalue weighted by atomic mass is 35.5. The Hall–Kier alpha value is -2.09. The van der Waals surface area contributed by atoms with Crippen LogP contribution in [0.4, 0.5) is 5.69 Å². The van der Waals surface area contributed by atoms with E-state index < -0.39 is 0 Å². The molecule has 1 unspecified atom stereocenters. The van der Waals surface area contributed by atoms with E-state index >= 15 is 0 Å². The average Bonchev–Trinajstić information content (AvgIpc) is 3.36. The van der Waals surface area contributed by atoms with Crippen molar-refractivity contribution in [2.45, 2.75) is 12.5 Å². The van der Waals surface area contributed by atoms with Crippen LogP contribution in [0.15, 0.2) is 41.6 Å². The van der Waals surface area contributed by atoms with Crippen molar-refractivity contribution < 1.29 is 9.63 Å². The first kappa shape index (κ1) is 19.2. The number of thiophene rings is 1. The zero-order valence-electron chi connectivity index (χ0n) is 15.7. The molecule has 1 amide bonds. The largest absolute Gasteiger partial charge is 0.390 e. The van der Waals surface area contributed by atoms with E-state index in [1.54, 1.807) is 12.1 Å². The van der Waals surface area contributed by atoms with Gasteiger partial charge in [-0.05, 0) is 36.9 Å². The molecule has 0 radical (unpaired) electrons. The third-order valence-corrected chi connectivity index (χ3v) is 6.32. The number of carbonyl (C=O) groups is 1. The van der Waals surface area contributed by atoms with Gasteiger partial charge in [0.1, 0.15) is 6.10 Å². The fourth-order valence-corrected chi connectivity index (χ4v) is 4.33. The first-order valence-electron chi connectivity index (χ1n) is 9.38. The quantitative estimate of drug-likeness (QED) is 0.810. The van der Waals surface area contributed by atoms with Crippen molar-refractivity contribution in [3.05, 3.63) is 51.2 Å². The van der Waals surface area contributed by atoms with Gasteiger partial charge in [0.05, 0.1) is 21.5 Å². The van der Waals surface area contributed by atoms with Crippen LogP contribution in [0.2, 0.25) is 4.34 Å². The standard InChI is InChI=1S/C20H23ClN4O2S/c1-24-8-10-25(11-9-24)15-4-2-14(3-5-15)17-12-16(27-23-17)13-22-20(26)18-6-7-19(21)28-18/h2-7,16H,8-13H2,1H3,(H,22,26). The second kappa shape index (κ2) is 8.51. The molecule has 0 bridgehead atoms. The molecule has 4 rings (SSSR count). The lowest BCUT2D eigenvalue weighted by atomic mass is 10.0. The van der Waals surface area contributed by atoms with Gasteiger partial charge in [-0.2, -0.15) is 0 Å². The smallest absolute Gasteiger partial charge is 0.261 e. The predicted octanol–water partition coefficient (Wildman–Crippen LogP) is 3.08. The monoisotopic (exact) mass is 418 g/mol. The molecule has 2 aliphatic rings. The lowest BCUT2D eigenvalue weighted by molar-refractivity contribution is 0.0755. The number of oxime groups is 1. The molecule has 3 heterocycles. The van der Waals surface area contributed by atoms with Crippen LogP contribution >= 0.6 is 22.9 Å². The molecular weight excluding hydrogens is 396 g/mol. The van der Waals surface area contributed by atoms with Crippen molar-refractivity contribution in [1.82, 2.24) is 10.2 Å². The lowest BCUT2D eigenvalue weighted by Gasteiger charge is -2.34.